The maximum atomic E-state index is 11.3. The molecule has 0 bridgehead atoms. The van der Waals surface area contributed by atoms with Gasteiger partial charge >= 0.3 is 0 Å². The minimum atomic E-state index is -3.26. The van der Waals surface area contributed by atoms with Gasteiger partial charge in [0.25, 0.3) is 0 Å². The molecule has 1 aromatic rings. The molecule has 0 aliphatic heterocycles. The molecule has 82 valence electrons. The lowest BCUT2D eigenvalue weighted by Crippen LogP contribution is -2.07. The summed E-state index contributed by atoms with van der Waals surface area (Å²) < 4.78 is 23.2. The van der Waals surface area contributed by atoms with Crippen molar-refractivity contribution in [1.29, 1.82) is 0 Å². The standard InChI is InChI=1S/C9H10BrNO3S/c1-6(12)11-8-3-7(10)4-9(5-8)15(2,13)14/h3-5H,1-2H3,(H,11,12). The summed E-state index contributed by atoms with van der Waals surface area (Å²) in [5, 5.41) is 2.52. The predicted octanol–water partition coefficient (Wildman–Crippen LogP) is 1.81. The fraction of sp³-hybridized carbons (Fsp3) is 0.222. The van der Waals surface area contributed by atoms with Crippen LogP contribution in [0.15, 0.2) is 27.6 Å². The molecule has 15 heavy (non-hydrogen) atoms. The number of hydrogen-bond acceptors (Lipinski definition) is 3. The molecule has 0 aliphatic rings. The van der Waals surface area contributed by atoms with Gasteiger partial charge in [-0.1, -0.05) is 15.9 Å². The number of carbonyl (C=O) groups excluding carboxylic acids is 1. The van der Waals surface area contributed by atoms with Gasteiger partial charge in [0, 0.05) is 23.3 Å². The Morgan fingerprint density at radius 1 is 1.33 bits per heavy atom. The fourth-order valence-corrected chi connectivity index (χ4v) is 2.38. The number of nitrogens with one attached hydrogen (secondary N) is 1. The second-order valence-electron chi connectivity index (χ2n) is 3.13. The average molecular weight is 292 g/mol. The third kappa shape index (κ3) is 3.64. The van der Waals surface area contributed by atoms with Crippen LogP contribution in [-0.4, -0.2) is 20.6 Å². The molecule has 1 N–H and O–H groups in total. The molecular weight excluding hydrogens is 282 g/mol. The van der Waals surface area contributed by atoms with Gasteiger partial charge in [0.05, 0.1) is 4.90 Å². The zero-order valence-electron chi connectivity index (χ0n) is 8.24. The summed E-state index contributed by atoms with van der Waals surface area (Å²) in [6, 6.07) is 4.54. The Labute approximate surface area is 96.7 Å². The molecule has 6 heteroatoms. The molecular formula is C9H10BrNO3S. The van der Waals surface area contributed by atoms with Gasteiger partial charge in [-0.15, -0.1) is 0 Å². The van der Waals surface area contributed by atoms with Gasteiger partial charge in [0.15, 0.2) is 9.84 Å². The molecule has 0 fully saturated rings. The second-order valence-corrected chi connectivity index (χ2v) is 6.06. The van der Waals surface area contributed by atoms with Crippen LogP contribution in [0.25, 0.3) is 0 Å². The molecule has 1 aromatic carbocycles. The van der Waals surface area contributed by atoms with E-state index >= 15 is 0 Å². The summed E-state index contributed by atoms with van der Waals surface area (Å²) in [5.41, 5.74) is 0.456. The molecule has 0 saturated heterocycles. The first-order chi connectivity index (χ1) is 6.79. The van der Waals surface area contributed by atoms with E-state index < -0.39 is 9.84 Å². The van der Waals surface area contributed by atoms with Crippen molar-refractivity contribution in [2.75, 3.05) is 11.6 Å². The van der Waals surface area contributed by atoms with E-state index in [1.165, 1.54) is 19.1 Å². The quantitative estimate of drug-likeness (QED) is 0.904. The van der Waals surface area contributed by atoms with Gasteiger partial charge in [-0.25, -0.2) is 8.42 Å². The number of carbonyl (C=O) groups is 1. The number of hydrogen-bond donors (Lipinski definition) is 1. The van der Waals surface area contributed by atoms with E-state index in [2.05, 4.69) is 21.2 Å². The molecule has 0 radical (unpaired) electrons. The molecule has 0 aromatic heterocycles. The fourth-order valence-electron chi connectivity index (χ4n) is 1.05. The van der Waals surface area contributed by atoms with Gasteiger partial charge in [0.1, 0.15) is 0 Å². The van der Waals surface area contributed by atoms with Gasteiger partial charge in [-0.3, -0.25) is 4.79 Å². The Kier molecular flexibility index (Phi) is 3.51. The largest absolute Gasteiger partial charge is 0.326 e. The molecule has 4 nitrogen and oxygen atoms in total. The highest BCUT2D eigenvalue weighted by Gasteiger charge is 2.09. The van der Waals surface area contributed by atoms with Crippen molar-refractivity contribution >= 4 is 37.4 Å². The molecule has 0 heterocycles. The predicted molar refractivity (Wildman–Crippen MR) is 61.6 cm³/mol. The van der Waals surface area contributed by atoms with Crippen LogP contribution >= 0.6 is 15.9 Å². The third-order valence-electron chi connectivity index (χ3n) is 1.62. The van der Waals surface area contributed by atoms with Crippen molar-refractivity contribution in [2.45, 2.75) is 11.8 Å². The molecule has 0 saturated carbocycles. The van der Waals surface area contributed by atoms with Crippen LogP contribution in [-0.2, 0) is 14.6 Å². The van der Waals surface area contributed by atoms with Crippen molar-refractivity contribution < 1.29 is 13.2 Å². The topological polar surface area (TPSA) is 63.2 Å². The highest BCUT2D eigenvalue weighted by atomic mass is 79.9. The summed E-state index contributed by atoms with van der Waals surface area (Å²) in [7, 11) is -3.26. The SMILES string of the molecule is CC(=O)Nc1cc(Br)cc(S(C)(=O)=O)c1. The number of halogens is 1. The Morgan fingerprint density at radius 2 is 1.93 bits per heavy atom. The first-order valence-corrected chi connectivity index (χ1v) is 6.76. The van der Waals surface area contributed by atoms with E-state index in [1.54, 1.807) is 6.07 Å². The lowest BCUT2D eigenvalue weighted by molar-refractivity contribution is -0.114. The maximum Gasteiger partial charge on any atom is 0.221 e. The van der Waals surface area contributed by atoms with Crippen molar-refractivity contribution in [1.82, 2.24) is 0 Å². The van der Waals surface area contributed by atoms with Crippen LogP contribution in [0.4, 0.5) is 5.69 Å². The zero-order chi connectivity index (χ0) is 11.6. The Balaban J connectivity index is 3.23. The van der Waals surface area contributed by atoms with Crippen molar-refractivity contribution in [2.24, 2.45) is 0 Å². The van der Waals surface area contributed by atoms with Crippen LogP contribution < -0.4 is 5.32 Å². The van der Waals surface area contributed by atoms with Gasteiger partial charge in [0.2, 0.25) is 5.91 Å². The number of benzene rings is 1. The second kappa shape index (κ2) is 4.32. The van der Waals surface area contributed by atoms with E-state index in [0.29, 0.717) is 10.2 Å². The van der Waals surface area contributed by atoms with Crippen molar-refractivity contribution in [3.05, 3.63) is 22.7 Å². The van der Waals surface area contributed by atoms with E-state index in [-0.39, 0.29) is 10.8 Å². The average Bonchev–Trinajstić information content (AvgIpc) is 1.99. The summed E-state index contributed by atoms with van der Waals surface area (Å²) in [4.78, 5) is 11.0. The monoisotopic (exact) mass is 291 g/mol. The van der Waals surface area contributed by atoms with E-state index in [0.717, 1.165) is 6.26 Å². The van der Waals surface area contributed by atoms with Gasteiger partial charge < -0.3 is 5.32 Å². The third-order valence-corrected chi connectivity index (χ3v) is 3.17. The Hall–Kier alpha value is -0.880. The molecule has 1 amide bonds. The lowest BCUT2D eigenvalue weighted by Gasteiger charge is -2.05. The number of amides is 1. The number of sulfone groups is 1. The summed E-state index contributed by atoms with van der Waals surface area (Å²) >= 11 is 3.18. The van der Waals surface area contributed by atoms with E-state index in [1.807, 2.05) is 0 Å². The molecule has 0 atom stereocenters. The minimum absolute atomic E-state index is 0.167. The normalized spacial score (nSPS) is 11.1. The zero-order valence-corrected chi connectivity index (χ0v) is 10.6. The van der Waals surface area contributed by atoms with Crippen molar-refractivity contribution in [3.8, 4) is 0 Å². The number of anilines is 1. The molecule has 1 rings (SSSR count). The Morgan fingerprint density at radius 3 is 2.40 bits per heavy atom. The van der Waals surface area contributed by atoms with Crippen LogP contribution in [0.5, 0.6) is 0 Å². The van der Waals surface area contributed by atoms with Gasteiger partial charge in [-0.05, 0) is 18.2 Å². The van der Waals surface area contributed by atoms with Crippen LogP contribution in [0.1, 0.15) is 6.92 Å². The molecule has 0 aliphatic carbocycles. The van der Waals surface area contributed by atoms with Crippen molar-refractivity contribution in [3.63, 3.8) is 0 Å². The Bertz CT molecular complexity index is 496. The van der Waals surface area contributed by atoms with E-state index in [9.17, 15) is 13.2 Å². The van der Waals surface area contributed by atoms with Gasteiger partial charge in [-0.2, -0.15) is 0 Å². The first kappa shape index (κ1) is 12.2. The lowest BCUT2D eigenvalue weighted by atomic mass is 10.3. The van der Waals surface area contributed by atoms with Crippen LogP contribution in [0.2, 0.25) is 0 Å². The summed E-state index contributed by atoms with van der Waals surface area (Å²) in [6.45, 7) is 1.36. The summed E-state index contributed by atoms with van der Waals surface area (Å²) in [6.07, 6.45) is 1.12. The van der Waals surface area contributed by atoms with Crippen LogP contribution in [0.3, 0.4) is 0 Å². The number of rotatable bonds is 2. The molecule has 0 unspecified atom stereocenters. The highest BCUT2D eigenvalue weighted by Crippen LogP contribution is 2.22. The van der Waals surface area contributed by atoms with Crippen LogP contribution in [0, 0.1) is 0 Å². The smallest absolute Gasteiger partial charge is 0.221 e. The first-order valence-electron chi connectivity index (χ1n) is 4.07. The highest BCUT2D eigenvalue weighted by molar-refractivity contribution is 9.10. The minimum Gasteiger partial charge on any atom is -0.326 e. The summed E-state index contributed by atoms with van der Waals surface area (Å²) in [5.74, 6) is -0.243. The van der Waals surface area contributed by atoms with E-state index in [4.69, 9.17) is 0 Å². The molecule has 0 spiro atoms. The maximum absolute atomic E-state index is 11.3.